The van der Waals surface area contributed by atoms with Crippen molar-refractivity contribution in [2.75, 3.05) is 6.61 Å². The first kappa shape index (κ1) is 19.0. The maximum absolute atomic E-state index is 11.6. The monoisotopic (exact) mass is 345 g/mol. The molecule has 2 aromatic rings. The molecule has 1 aromatic heterocycles. The van der Waals surface area contributed by atoms with E-state index in [4.69, 9.17) is 15.1 Å². The standard InChI is InChI=1S/C19H27N3O3/c1-3-4-5-6-7-8-13-24-16-11-9-15(10-12-16)18-14(2)17(22-25-18)19(23)21-20/h9-12H,3-8,13,20H2,1-2H3,(H,21,23). The maximum atomic E-state index is 11.6. The quantitative estimate of drug-likeness (QED) is 0.294. The Morgan fingerprint density at radius 1 is 1.16 bits per heavy atom. The number of hydrogen-bond donors (Lipinski definition) is 2. The third-order valence-electron chi connectivity index (χ3n) is 4.15. The zero-order chi connectivity index (χ0) is 18.1. The average molecular weight is 345 g/mol. The van der Waals surface area contributed by atoms with Crippen LogP contribution in [0.5, 0.6) is 5.75 Å². The van der Waals surface area contributed by atoms with Crippen molar-refractivity contribution < 1.29 is 14.1 Å². The largest absolute Gasteiger partial charge is 0.494 e. The van der Waals surface area contributed by atoms with Gasteiger partial charge in [0.1, 0.15) is 5.75 Å². The summed E-state index contributed by atoms with van der Waals surface area (Å²) in [6.07, 6.45) is 7.46. The summed E-state index contributed by atoms with van der Waals surface area (Å²) in [5.41, 5.74) is 3.75. The van der Waals surface area contributed by atoms with Crippen molar-refractivity contribution in [3.63, 3.8) is 0 Å². The topological polar surface area (TPSA) is 90.4 Å². The lowest BCUT2D eigenvalue weighted by Gasteiger charge is -2.07. The Kier molecular flexibility index (Phi) is 7.47. The first-order valence-corrected chi connectivity index (χ1v) is 8.87. The number of nitrogens with zero attached hydrogens (tertiary/aromatic N) is 1. The Morgan fingerprint density at radius 2 is 1.84 bits per heavy atom. The fourth-order valence-electron chi connectivity index (χ4n) is 2.66. The van der Waals surface area contributed by atoms with E-state index >= 15 is 0 Å². The lowest BCUT2D eigenvalue weighted by Crippen LogP contribution is -2.30. The predicted octanol–water partition coefficient (Wildman–Crippen LogP) is 3.99. The number of carbonyl (C=O) groups excluding carboxylic acids is 1. The van der Waals surface area contributed by atoms with Crippen molar-refractivity contribution in [2.45, 2.75) is 52.4 Å². The minimum absolute atomic E-state index is 0.195. The van der Waals surface area contributed by atoms with Crippen LogP contribution in [0.15, 0.2) is 28.8 Å². The molecule has 1 heterocycles. The number of hydrazine groups is 1. The van der Waals surface area contributed by atoms with Crippen LogP contribution in [-0.4, -0.2) is 17.7 Å². The van der Waals surface area contributed by atoms with E-state index in [-0.39, 0.29) is 5.69 Å². The molecule has 0 unspecified atom stereocenters. The number of benzene rings is 1. The number of aromatic nitrogens is 1. The van der Waals surface area contributed by atoms with E-state index in [1.54, 1.807) is 6.92 Å². The van der Waals surface area contributed by atoms with Crippen LogP contribution >= 0.6 is 0 Å². The van der Waals surface area contributed by atoms with Crippen molar-refractivity contribution in [3.05, 3.63) is 35.5 Å². The molecule has 6 nitrogen and oxygen atoms in total. The van der Waals surface area contributed by atoms with Gasteiger partial charge in [0.25, 0.3) is 5.91 Å². The van der Waals surface area contributed by atoms with E-state index in [9.17, 15) is 4.79 Å². The summed E-state index contributed by atoms with van der Waals surface area (Å²) in [7, 11) is 0. The van der Waals surface area contributed by atoms with Gasteiger partial charge in [0.2, 0.25) is 0 Å². The zero-order valence-electron chi connectivity index (χ0n) is 15.0. The van der Waals surface area contributed by atoms with Gasteiger partial charge in [-0.05, 0) is 37.6 Å². The Hall–Kier alpha value is -2.34. The molecule has 0 radical (unpaired) electrons. The smallest absolute Gasteiger partial charge is 0.287 e. The predicted molar refractivity (Wildman–Crippen MR) is 97.2 cm³/mol. The highest BCUT2D eigenvalue weighted by Gasteiger charge is 2.18. The van der Waals surface area contributed by atoms with Gasteiger partial charge in [0, 0.05) is 11.1 Å². The fourth-order valence-corrected chi connectivity index (χ4v) is 2.66. The molecule has 1 amide bonds. The van der Waals surface area contributed by atoms with Gasteiger partial charge in [0.05, 0.1) is 6.61 Å². The molecule has 1 aromatic carbocycles. The number of rotatable bonds is 10. The van der Waals surface area contributed by atoms with Crippen LogP contribution < -0.4 is 16.0 Å². The number of nitrogen functional groups attached to an aromatic ring is 1. The van der Waals surface area contributed by atoms with Crippen LogP contribution in [0.1, 0.15) is 61.5 Å². The van der Waals surface area contributed by atoms with E-state index < -0.39 is 5.91 Å². The molecule has 0 aliphatic heterocycles. The van der Waals surface area contributed by atoms with Crippen molar-refractivity contribution in [2.24, 2.45) is 5.84 Å². The normalized spacial score (nSPS) is 10.7. The first-order chi connectivity index (χ1) is 12.2. The number of ether oxygens (including phenoxy) is 1. The molecule has 0 spiro atoms. The second-order valence-corrected chi connectivity index (χ2v) is 6.10. The third-order valence-corrected chi connectivity index (χ3v) is 4.15. The number of hydrogen-bond acceptors (Lipinski definition) is 5. The van der Waals surface area contributed by atoms with E-state index in [1.807, 2.05) is 24.3 Å². The molecular weight excluding hydrogens is 318 g/mol. The third kappa shape index (κ3) is 5.32. The second kappa shape index (κ2) is 9.84. The van der Waals surface area contributed by atoms with Gasteiger partial charge in [-0.25, -0.2) is 5.84 Å². The second-order valence-electron chi connectivity index (χ2n) is 6.10. The van der Waals surface area contributed by atoms with Gasteiger partial charge in [-0.2, -0.15) is 0 Å². The number of nitrogens with one attached hydrogen (secondary N) is 1. The van der Waals surface area contributed by atoms with E-state index in [2.05, 4.69) is 17.5 Å². The highest BCUT2D eigenvalue weighted by Crippen LogP contribution is 2.27. The number of nitrogens with two attached hydrogens (primary N) is 1. The number of carbonyl (C=O) groups is 1. The number of amides is 1. The Morgan fingerprint density at radius 3 is 2.52 bits per heavy atom. The molecule has 0 aliphatic carbocycles. The van der Waals surface area contributed by atoms with Gasteiger partial charge >= 0.3 is 0 Å². The summed E-state index contributed by atoms with van der Waals surface area (Å²) in [5.74, 6) is 6.05. The van der Waals surface area contributed by atoms with E-state index in [0.717, 1.165) is 24.3 Å². The summed E-state index contributed by atoms with van der Waals surface area (Å²) in [4.78, 5) is 11.6. The summed E-state index contributed by atoms with van der Waals surface area (Å²) < 4.78 is 11.0. The van der Waals surface area contributed by atoms with Crippen molar-refractivity contribution >= 4 is 5.91 Å². The van der Waals surface area contributed by atoms with Crippen molar-refractivity contribution in [1.29, 1.82) is 0 Å². The van der Waals surface area contributed by atoms with Crippen LogP contribution in [0, 0.1) is 6.92 Å². The van der Waals surface area contributed by atoms with Crippen LogP contribution in [-0.2, 0) is 0 Å². The van der Waals surface area contributed by atoms with Gasteiger partial charge in [-0.15, -0.1) is 0 Å². The molecular formula is C19H27N3O3. The van der Waals surface area contributed by atoms with Crippen LogP contribution in [0.4, 0.5) is 0 Å². The van der Waals surface area contributed by atoms with Crippen LogP contribution in [0.3, 0.4) is 0 Å². The molecule has 0 aliphatic rings. The van der Waals surface area contributed by atoms with E-state index in [0.29, 0.717) is 11.3 Å². The summed E-state index contributed by atoms with van der Waals surface area (Å²) in [6.45, 7) is 4.73. The lowest BCUT2D eigenvalue weighted by atomic mass is 10.1. The van der Waals surface area contributed by atoms with Gasteiger partial charge in [-0.3, -0.25) is 10.2 Å². The molecule has 0 fully saturated rings. The maximum Gasteiger partial charge on any atom is 0.287 e. The molecule has 25 heavy (non-hydrogen) atoms. The molecule has 0 saturated carbocycles. The molecule has 3 N–H and O–H groups in total. The SMILES string of the molecule is CCCCCCCCOc1ccc(-c2onc(C(=O)NN)c2C)cc1. The first-order valence-electron chi connectivity index (χ1n) is 8.87. The molecule has 0 bridgehead atoms. The summed E-state index contributed by atoms with van der Waals surface area (Å²) in [5, 5.41) is 3.78. The minimum atomic E-state index is -0.466. The Labute approximate surface area is 148 Å². The zero-order valence-corrected chi connectivity index (χ0v) is 15.0. The molecule has 0 atom stereocenters. The van der Waals surface area contributed by atoms with Crippen LogP contribution in [0.2, 0.25) is 0 Å². The summed E-state index contributed by atoms with van der Waals surface area (Å²) >= 11 is 0. The number of unbranched alkanes of at least 4 members (excludes halogenated alkanes) is 5. The Balaban J connectivity index is 1.86. The van der Waals surface area contributed by atoms with Gasteiger partial charge < -0.3 is 9.26 Å². The highest BCUT2D eigenvalue weighted by molar-refractivity contribution is 5.94. The molecule has 136 valence electrons. The Bertz CT molecular complexity index is 665. The van der Waals surface area contributed by atoms with Crippen molar-refractivity contribution in [1.82, 2.24) is 10.6 Å². The molecule has 0 saturated heterocycles. The molecule has 2 rings (SSSR count). The highest BCUT2D eigenvalue weighted by atomic mass is 16.5. The minimum Gasteiger partial charge on any atom is -0.494 e. The average Bonchev–Trinajstić information content (AvgIpc) is 3.02. The lowest BCUT2D eigenvalue weighted by molar-refractivity contribution is 0.0944. The van der Waals surface area contributed by atoms with Gasteiger partial charge in [0.15, 0.2) is 11.5 Å². The summed E-state index contributed by atoms with van der Waals surface area (Å²) in [6, 6.07) is 7.59. The van der Waals surface area contributed by atoms with Crippen molar-refractivity contribution in [3.8, 4) is 17.1 Å². The van der Waals surface area contributed by atoms with Gasteiger partial charge in [-0.1, -0.05) is 44.2 Å². The van der Waals surface area contributed by atoms with E-state index in [1.165, 1.54) is 32.1 Å². The molecule has 6 heteroatoms. The fraction of sp³-hybridized carbons (Fsp3) is 0.474. The van der Waals surface area contributed by atoms with Crippen LogP contribution in [0.25, 0.3) is 11.3 Å².